The molecular formula is C24H30O7. The average molecular weight is 430 g/mol. The van der Waals surface area contributed by atoms with Gasteiger partial charge < -0.3 is 19.3 Å². The minimum atomic E-state index is -0.779. The number of allylic oxidation sites excluding steroid dienone is 1. The summed E-state index contributed by atoms with van der Waals surface area (Å²) < 4.78 is 16.2. The van der Waals surface area contributed by atoms with Crippen molar-refractivity contribution in [2.45, 2.75) is 57.5 Å². The van der Waals surface area contributed by atoms with Gasteiger partial charge in [0.2, 0.25) is 0 Å². The van der Waals surface area contributed by atoms with Crippen molar-refractivity contribution in [3.63, 3.8) is 0 Å². The van der Waals surface area contributed by atoms with E-state index in [9.17, 15) is 14.4 Å². The minimum absolute atomic E-state index is 0.0430. The Kier molecular flexibility index (Phi) is 7.71. The number of rotatable bonds is 7. The van der Waals surface area contributed by atoms with E-state index < -0.39 is 11.9 Å². The summed E-state index contributed by atoms with van der Waals surface area (Å²) in [6.07, 6.45) is 5.15. The Hall–Kier alpha value is -2.83. The predicted molar refractivity (Wildman–Crippen MR) is 112 cm³/mol. The molecule has 7 heteroatoms. The van der Waals surface area contributed by atoms with E-state index in [0.717, 1.165) is 25.7 Å². The lowest BCUT2D eigenvalue weighted by molar-refractivity contribution is -0.147. The van der Waals surface area contributed by atoms with E-state index in [4.69, 9.17) is 19.3 Å². The third-order valence-corrected chi connectivity index (χ3v) is 6.35. The van der Waals surface area contributed by atoms with Gasteiger partial charge in [0.25, 0.3) is 0 Å². The minimum Gasteiger partial charge on any atom is -0.481 e. The number of carbonyl (C=O) groups excluding carboxylic acids is 2. The molecule has 0 atom stereocenters. The maximum Gasteiger partial charge on any atom is 0.338 e. The lowest BCUT2D eigenvalue weighted by Gasteiger charge is -2.28. The van der Waals surface area contributed by atoms with Gasteiger partial charge >= 0.3 is 17.9 Å². The van der Waals surface area contributed by atoms with Crippen molar-refractivity contribution >= 4 is 17.9 Å². The molecule has 0 spiro atoms. The Morgan fingerprint density at radius 1 is 0.871 bits per heavy atom. The zero-order valence-electron chi connectivity index (χ0n) is 17.9. The fourth-order valence-electron chi connectivity index (χ4n) is 4.36. The summed E-state index contributed by atoms with van der Waals surface area (Å²) in [6.45, 7) is 4.05. The fourth-order valence-corrected chi connectivity index (χ4v) is 4.36. The number of hydrogen-bond acceptors (Lipinski definition) is 6. The topological polar surface area (TPSA) is 99.1 Å². The van der Waals surface area contributed by atoms with Crippen molar-refractivity contribution in [2.75, 3.05) is 7.11 Å². The Morgan fingerprint density at radius 2 is 1.42 bits per heavy atom. The number of carboxylic acid groups (broad SMARTS) is 1. The van der Waals surface area contributed by atoms with Crippen LogP contribution in [0.3, 0.4) is 0 Å². The van der Waals surface area contributed by atoms with Crippen LogP contribution in [0.15, 0.2) is 36.6 Å². The maximum absolute atomic E-state index is 12.4. The number of esters is 2. The van der Waals surface area contributed by atoms with Gasteiger partial charge in [0.05, 0.1) is 30.3 Å². The van der Waals surface area contributed by atoms with Crippen molar-refractivity contribution in [1.29, 1.82) is 0 Å². The van der Waals surface area contributed by atoms with Crippen molar-refractivity contribution in [2.24, 2.45) is 17.8 Å². The zero-order valence-corrected chi connectivity index (χ0v) is 17.9. The first-order valence-corrected chi connectivity index (χ1v) is 10.9. The molecule has 0 bridgehead atoms. The van der Waals surface area contributed by atoms with Crippen LogP contribution in [-0.4, -0.2) is 36.2 Å². The lowest BCUT2D eigenvalue weighted by atomic mass is 9.81. The van der Waals surface area contributed by atoms with Crippen molar-refractivity contribution < 1.29 is 33.7 Å². The van der Waals surface area contributed by atoms with Crippen LogP contribution in [0.2, 0.25) is 0 Å². The molecule has 0 saturated heterocycles. The molecule has 3 rings (SSSR count). The molecule has 2 aliphatic carbocycles. The molecule has 2 fully saturated rings. The predicted octanol–water partition coefficient (Wildman–Crippen LogP) is 4.36. The molecule has 31 heavy (non-hydrogen) atoms. The molecule has 0 aromatic heterocycles. The first kappa shape index (κ1) is 22.8. The normalized spacial score (nSPS) is 25.8. The third kappa shape index (κ3) is 6.09. The van der Waals surface area contributed by atoms with Gasteiger partial charge in [-0.25, -0.2) is 4.79 Å². The summed E-state index contributed by atoms with van der Waals surface area (Å²) in [5.41, 5.74) is 0.428. The Labute approximate surface area is 182 Å². The number of ether oxygens (including phenoxy) is 3. The summed E-state index contributed by atoms with van der Waals surface area (Å²) >= 11 is 0. The quantitative estimate of drug-likeness (QED) is 0.507. The molecule has 0 amide bonds. The number of hydrogen-bond donors (Lipinski definition) is 1. The largest absolute Gasteiger partial charge is 0.481 e. The smallest absolute Gasteiger partial charge is 0.338 e. The van der Waals surface area contributed by atoms with E-state index >= 15 is 0 Å². The third-order valence-electron chi connectivity index (χ3n) is 6.35. The standard InChI is InChI=1S/C24H30O7/c1-15(16-3-5-18(6-4-16)23(27)29-2)30-20-13-9-19(10-14-20)24(28)31-21-11-7-17(8-12-21)22(25)26/h9-10,13-14,16-18,21H,1,3-8,11-12H2,2H3,(H,25,26). The average Bonchev–Trinajstić information content (AvgIpc) is 2.79. The maximum atomic E-state index is 12.4. The molecular weight excluding hydrogens is 400 g/mol. The summed E-state index contributed by atoms with van der Waals surface area (Å²) in [5, 5.41) is 9.06. The van der Waals surface area contributed by atoms with Crippen molar-refractivity contribution in [3.05, 3.63) is 42.2 Å². The summed E-state index contributed by atoms with van der Waals surface area (Å²) in [5.74, 6) is -0.279. The van der Waals surface area contributed by atoms with Gasteiger partial charge in [0.1, 0.15) is 11.9 Å². The van der Waals surface area contributed by atoms with E-state index in [1.54, 1.807) is 24.3 Å². The highest BCUT2D eigenvalue weighted by Gasteiger charge is 2.30. The number of methoxy groups -OCH3 is 1. The van der Waals surface area contributed by atoms with Crippen molar-refractivity contribution in [1.82, 2.24) is 0 Å². The van der Waals surface area contributed by atoms with Crippen LogP contribution in [0.4, 0.5) is 0 Å². The number of carboxylic acids is 1. The van der Waals surface area contributed by atoms with Gasteiger partial charge in [-0.1, -0.05) is 6.58 Å². The molecule has 1 aromatic carbocycles. The van der Waals surface area contributed by atoms with Gasteiger partial charge in [0.15, 0.2) is 0 Å². The highest BCUT2D eigenvalue weighted by atomic mass is 16.5. The molecule has 0 heterocycles. The van der Waals surface area contributed by atoms with Crippen LogP contribution in [0.5, 0.6) is 5.75 Å². The SMILES string of the molecule is C=C(Oc1ccc(C(=O)OC2CCC(C(=O)O)CC2)cc1)C1CCC(C(=O)OC)CC1. The number of benzene rings is 1. The molecule has 1 aromatic rings. The number of aliphatic carboxylic acids is 1. The summed E-state index contributed by atoms with van der Waals surface area (Å²) in [7, 11) is 1.42. The van der Waals surface area contributed by atoms with E-state index in [1.807, 2.05) is 0 Å². The molecule has 1 N–H and O–H groups in total. The second-order valence-corrected chi connectivity index (χ2v) is 8.38. The highest BCUT2D eigenvalue weighted by Crippen LogP contribution is 2.34. The molecule has 7 nitrogen and oxygen atoms in total. The van der Waals surface area contributed by atoms with Crippen LogP contribution in [0.25, 0.3) is 0 Å². The lowest BCUT2D eigenvalue weighted by Crippen LogP contribution is -2.27. The van der Waals surface area contributed by atoms with Gasteiger partial charge in [-0.3, -0.25) is 9.59 Å². The van der Waals surface area contributed by atoms with Crippen LogP contribution in [0.1, 0.15) is 61.7 Å². The Bertz CT molecular complexity index is 798. The monoisotopic (exact) mass is 430 g/mol. The van der Waals surface area contributed by atoms with Crippen molar-refractivity contribution in [3.8, 4) is 5.75 Å². The van der Waals surface area contributed by atoms with E-state index in [0.29, 0.717) is 42.8 Å². The molecule has 168 valence electrons. The first-order valence-electron chi connectivity index (χ1n) is 10.9. The Morgan fingerprint density at radius 3 is 1.97 bits per heavy atom. The van der Waals surface area contributed by atoms with Crippen LogP contribution in [-0.2, 0) is 19.1 Å². The van der Waals surface area contributed by atoms with Crippen LogP contribution >= 0.6 is 0 Å². The molecule has 0 unspecified atom stereocenters. The van der Waals surface area contributed by atoms with Gasteiger partial charge in [0, 0.05) is 5.92 Å². The van der Waals surface area contributed by atoms with Crippen LogP contribution < -0.4 is 4.74 Å². The fraction of sp³-hybridized carbons (Fsp3) is 0.542. The molecule has 2 saturated carbocycles. The molecule has 2 aliphatic rings. The molecule has 0 aliphatic heterocycles. The second kappa shape index (κ2) is 10.5. The Balaban J connectivity index is 1.45. The second-order valence-electron chi connectivity index (χ2n) is 8.38. The highest BCUT2D eigenvalue weighted by molar-refractivity contribution is 5.89. The molecule has 0 radical (unpaired) electrons. The van der Waals surface area contributed by atoms with E-state index in [1.165, 1.54) is 7.11 Å². The summed E-state index contributed by atoms with van der Waals surface area (Å²) in [4.78, 5) is 35.1. The van der Waals surface area contributed by atoms with Gasteiger partial charge in [-0.05, 0) is 75.6 Å². The van der Waals surface area contributed by atoms with E-state index in [-0.39, 0.29) is 29.8 Å². The van der Waals surface area contributed by atoms with E-state index in [2.05, 4.69) is 6.58 Å². The first-order chi connectivity index (χ1) is 14.9. The summed E-state index contributed by atoms with van der Waals surface area (Å²) in [6, 6.07) is 6.73. The zero-order chi connectivity index (χ0) is 22.4. The van der Waals surface area contributed by atoms with Gasteiger partial charge in [-0.2, -0.15) is 0 Å². The van der Waals surface area contributed by atoms with Crippen LogP contribution in [0, 0.1) is 17.8 Å². The van der Waals surface area contributed by atoms with Gasteiger partial charge in [-0.15, -0.1) is 0 Å². The number of carbonyl (C=O) groups is 3.